The Kier molecular flexibility index (Phi) is 4.26. The molecule has 1 rings (SSSR count). The summed E-state index contributed by atoms with van der Waals surface area (Å²) >= 11 is 0. The lowest BCUT2D eigenvalue weighted by Crippen LogP contribution is -2.24. The van der Waals surface area contributed by atoms with Crippen LogP contribution >= 0.6 is 0 Å². The van der Waals surface area contributed by atoms with Gasteiger partial charge in [0.15, 0.2) is 0 Å². The van der Waals surface area contributed by atoms with Crippen molar-refractivity contribution in [2.24, 2.45) is 0 Å². The minimum absolute atomic E-state index is 0.206. The van der Waals surface area contributed by atoms with Gasteiger partial charge in [-0.05, 0) is 25.0 Å². The Labute approximate surface area is 96.3 Å². The van der Waals surface area contributed by atoms with Crippen LogP contribution in [0.25, 0.3) is 0 Å². The number of nitrogens with one attached hydrogen (secondary N) is 2. The molecule has 0 aromatic carbocycles. The van der Waals surface area contributed by atoms with Crippen LogP contribution in [0.3, 0.4) is 0 Å². The zero-order valence-corrected chi connectivity index (χ0v) is 10.6. The maximum absolute atomic E-state index is 11.8. The van der Waals surface area contributed by atoms with Gasteiger partial charge in [0.05, 0.1) is 0 Å². The van der Waals surface area contributed by atoms with E-state index >= 15 is 0 Å². The number of nitrogens with zero attached hydrogens (tertiary/aromatic N) is 1. The van der Waals surface area contributed by atoms with E-state index in [4.69, 9.17) is 0 Å². The van der Waals surface area contributed by atoms with Gasteiger partial charge in [-0.25, -0.2) is 18.1 Å². The van der Waals surface area contributed by atoms with Crippen molar-refractivity contribution in [2.75, 3.05) is 18.9 Å². The Balaban J connectivity index is 3.01. The number of hydrogen-bond donors (Lipinski definition) is 2. The van der Waals surface area contributed by atoms with E-state index in [-0.39, 0.29) is 4.90 Å². The van der Waals surface area contributed by atoms with Crippen LogP contribution < -0.4 is 10.0 Å². The maximum Gasteiger partial charge on any atom is 0.242 e. The molecule has 2 N–H and O–H groups in total. The summed E-state index contributed by atoms with van der Waals surface area (Å²) < 4.78 is 26.0. The summed E-state index contributed by atoms with van der Waals surface area (Å²) in [6.07, 6.45) is 2.12. The highest BCUT2D eigenvalue weighted by molar-refractivity contribution is 7.89. The second kappa shape index (κ2) is 5.27. The lowest BCUT2D eigenvalue weighted by molar-refractivity contribution is 0.580. The van der Waals surface area contributed by atoms with Crippen molar-refractivity contribution >= 4 is 15.8 Å². The molecular formula is C10H17N3O2S. The molecule has 5 nitrogen and oxygen atoms in total. The highest BCUT2D eigenvalue weighted by Gasteiger charge is 2.14. The molecule has 0 unspecified atom stereocenters. The summed E-state index contributed by atoms with van der Waals surface area (Å²) in [7, 11) is -1.66. The molecule has 90 valence electrons. The molecule has 0 amide bonds. The smallest absolute Gasteiger partial charge is 0.242 e. The standard InChI is InChI=1S/C10H17N3O2S/c1-4-5-13-16(14,15)9-6-8(2)10(11-3)12-7-9/h6-7,13H,4-5H2,1-3H3,(H,11,12). The minimum Gasteiger partial charge on any atom is -0.373 e. The van der Waals surface area contributed by atoms with Gasteiger partial charge in [0.2, 0.25) is 10.0 Å². The molecule has 6 heteroatoms. The average Bonchev–Trinajstić information content (AvgIpc) is 2.26. The first kappa shape index (κ1) is 12.9. The molecule has 1 aromatic heterocycles. The third kappa shape index (κ3) is 2.93. The number of hydrogen-bond acceptors (Lipinski definition) is 4. The van der Waals surface area contributed by atoms with Crippen LogP contribution in [0.5, 0.6) is 0 Å². The summed E-state index contributed by atoms with van der Waals surface area (Å²) in [4.78, 5) is 4.25. The van der Waals surface area contributed by atoms with Crippen molar-refractivity contribution < 1.29 is 8.42 Å². The number of aryl methyl sites for hydroxylation is 1. The zero-order valence-electron chi connectivity index (χ0n) is 9.74. The van der Waals surface area contributed by atoms with Gasteiger partial charge in [0.1, 0.15) is 10.7 Å². The fourth-order valence-electron chi connectivity index (χ4n) is 1.28. The van der Waals surface area contributed by atoms with Gasteiger partial charge in [-0.3, -0.25) is 0 Å². The Morgan fingerprint density at radius 2 is 2.12 bits per heavy atom. The second-order valence-corrected chi connectivity index (χ2v) is 5.25. The number of anilines is 1. The van der Waals surface area contributed by atoms with E-state index < -0.39 is 10.0 Å². The minimum atomic E-state index is -3.41. The van der Waals surface area contributed by atoms with E-state index in [0.29, 0.717) is 12.4 Å². The van der Waals surface area contributed by atoms with Crippen LogP contribution in [0, 0.1) is 6.92 Å². The topological polar surface area (TPSA) is 71.1 Å². The first-order valence-electron chi connectivity index (χ1n) is 5.15. The van der Waals surface area contributed by atoms with Crippen molar-refractivity contribution in [1.82, 2.24) is 9.71 Å². The van der Waals surface area contributed by atoms with Gasteiger partial charge in [-0.2, -0.15) is 0 Å². The van der Waals surface area contributed by atoms with Crippen molar-refractivity contribution in [3.63, 3.8) is 0 Å². The molecular weight excluding hydrogens is 226 g/mol. The van der Waals surface area contributed by atoms with Gasteiger partial charge in [-0.1, -0.05) is 6.92 Å². The van der Waals surface area contributed by atoms with E-state index in [1.54, 1.807) is 13.1 Å². The molecule has 0 aliphatic rings. The summed E-state index contributed by atoms with van der Waals surface area (Å²) in [5, 5.41) is 2.89. The van der Waals surface area contributed by atoms with E-state index in [9.17, 15) is 8.42 Å². The highest BCUT2D eigenvalue weighted by atomic mass is 32.2. The predicted octanol–water partition coefficient (Wildman–Crippen LogP) is 1.12. The van der Waals surface area contributed by atoms with Gasteiger partial charge in [0.25, 0.3) is 0 Å². The molecule has 0 bridgehead atoms. The molecule has 1 aromatic rings. The molecule has 0 atom stereocenters. The number of aromatic nitrogens is 1. The zero-order chi connectivity index (χ0) is 12.2. The SMILES string of the molecule is CCCNS(=O)(=O)c1cnc(NC)c(C)c1. The summed E-state index contributed by atoms with van der Waals surface area (Å²) in [6.45, 7) is 4.17. The highest BCUT2D eigenvalue weighted by Crippen LogP contribution is 2.15. The summed E-state index contributed by atoms with van der Waals surface area (Å²) in [6, 6.07) is 1.61. The van der Waals surface area contributed by atoms with Gasteiger partial charge < -0.3 is 5.32 Å². The van der Waals surface area contributed by atoms with Gasteiger partial charge in [0, 0.05) is 19.8 Å². The lowest BCUT2D eigenvalue weighted by Gasteiger charge is -2.08. The maximum atomic E-state index is 11.8. The average molecular weight is 243 g/mol. The van der Waals surface area contributed by atoms with Crippen LogP contribution in [0.15, 0.2) is 17.2 Å². The largest absolute Gasteiger partial charge is 0.373 e. The first-order chi connectivity index (χ1) is 7.51. The van der Waals surface area contributed by atoms with Crippen LogP contribution in [0.1, 0.15) is 18.9 Å². The van der Waals surface area contributed by atoms with Crippen molar-refractivity contribution in [2.45, 2.75) is 25.2 Å². The number of sulfonamides is 1. The summed E-state index contributed by atoms with van der Waals surface area (Å²) in [5.74, 6) is 0.689. The van der Waals surface area contributed by atoms with E-state index in [0.717, 1.165) is 12.0 Å². The van der Waals surface area contributed by atoms with Gasteiger partial charge in [-0.15, -0.1) is 0 Å². The monoisotopic (exact) mass is 243 g/mol. The summed E-state index contributed by atoms with van der Waals surface area (Å²) in [5.41, 5.74) is 0.807. The quantitative estimate of drug-likeness (QED) is 0.813. The second-order valence-electron chi connectivity index (χ2n) is 3.48. The van der Waals surface area contributed by atoms with Crippen molar-refractivity contribution in [1.29, 1.82) is 0 Å². The van der Waals surface area contributed by atoms with Crippen LogP contribution in [0.2, 0.25) is 0 Å². The fourth-order valence-corrected chi connectivity index (χ4v) is 2.44. The predicted molar refractivity (Wildman–Crippen MR) is 64.0 cm³/mol. The molecule has 0 fully saturated rings. The van der Waals surface area contributed by atoms with E-state index in [1.807, 2.05) is 13.8 Å². The molecule has 0 radical (unpaired) electrons. The normalized spacial score (nSPS) is 11.4. The third-order valence-electron chi connectivity index (χ3n) is 2.14. The Hall–Kier alpha value is -1.14. The molecule has 0 aliphatic carbocycles. The molecule has 0 saturated carbocycles. The Morgan fingerprint density at radius 3 is 2.62 bits per heavy atom. The van der Waals surface area contributed by atoms with E-state index in [2.05, 4.69) is 15.0 Å². The first-order valence-corrected chi connectivity index (χ1v) is 6.63. The number of rotatable bonds is 5. The molecule has 16 heavy (non-hydrogen) atoms. The van der Waals surface area contributed by atoms with E-state index in [1.165, 1.54) is 6.20 Å². The van der Waals surface area contributed by atoms with Crippen LogP contribution in [0.4, 0.5) is 5.82 Å². The fraction of sp³-hybridized carbons (Fsp3) is 0.500. The molecule has 0 saturated heterocycles. The molecule has 1 heterocycles. The van der Waals surface area contributed by atoms with Crippen LogP contribution in [-0.2, 0) is 10.0 Å². The molecule has 0 aliphatic heterocycles. The molecule has 0 spiro atoms. The Bertz CT molecular complexity index is 457. The van der Waals surface area contributed by atoms with Gasteiger partial charge >= 0.3 is 0 Å². The lowest BCUT2D eigenvalue weighted by atomic mass is 10.3. The third-order valence-corrected chi connectivity index (χ3v) is 3.57. The van der Waals surface area contributed by atoms with Crippen LogP contribution in [-0.4, -0.2) is 27.0 Å². The number of pyridine rings is 1. The van der Waals surface area contributed by atoms with Crippen molar-refractivity contribution in [3.05, 3.63) is 17.8 Å². The van der Waals surface area contributed by atoms with Crippen molar-refractivity contribution in [3.8, 4) is 0 Å². The Morgan fingerprint density at radius 1 is 1.44 bits per heavy atom.